The molecule has 1 amide bonds. The zero-order valence-electron chi connectivity index (χ0n) is 10.6. The van der Waals surface area contributed by atoms with Crippen LogP contribution in [0.1, 0.15) is 26.4 Å². The summed E-state index contributed by atoms with van der Waals surface area (Å²) in [4.78, 5) is 28.6. The van der Waals surface area contributed by atoms with Crippen LogP contribution in [-0.4, -0.2) is 33.4 Å². The van der Waals surface area contributed by atoms with E-state index in [0.717, 1.165) is 11.5 Å². The van der Waals surface area contributed by atoms with E-state index in [-0.39, 0.29) is 21.2 Å². The van der Waals surface area contributed by atoms with E-state index in [1.54, 1.807) is 6.92 Å². The van der Waals surface area contributed by atoms with Gasteiger partial charge in [0.25, 0.3) is 5.91 Å². The SMILES string of the molecule is Cc1nsc(N(C)C(=O)c2cnccc2Cl)c1C(=O)O. The van der Waals surface area contributed by atoms with Crippen molar-refractivity contribution < 1.29 is 14.7 Å². The van der Waals surface area contributed by atoms with Crippen LogP contribution in [-0.2, 0) is 0 Å². The second-order valence-corrected chi connectivity index (χ2v) is 5.13. The Morgan fingerprint density at radius 3 is 2.75 bits per heavy atom. The number of hydrogen-bond acceptors (Lipinski definition) is 5. The molecule has 0 spiro atoms. The highest BCUT2D eigenvalue weighted by atomic mass is 35.5. The van der Waals surface area contributed by atoms with Gasteiger partial charge in [-0.3, -0.25) is 9.78 Å². The Labute approximate surface area is 123 Å². The molecule has 0 aliphatic rings. The van der Waals surface area contributed by atoms with Crippen LogP contribution in [0.3, 0.4) is 0 Å². The number of nitrogens with zero attached hydrogens (tertiary/aromatic N) is 3. The summed E-state index contributed by atoms with van der Waals surface area (Å²) < 4.78 is 3.98. The lowest BCUT2D eigenvalue weighted by Crippen LogP contribution is -2.27. The van der Waals surface area contributed by atoms with Gasteiger partial charge in [-0.25, -0.2) is 4.79 Å². The highest BCUT2D eigenvalue weighted by Gasteiger charge is 2.25. The number of carbonyl (C=O) groups excluding carboxylic acids is 1. The second kappa shape index (κ2) is 5.56. The quantitative estimate of drug-likeness (QED) is 0.941. The van der Waals surface area contributed by atoms with E-state index in [4.69, 9.17) is 11.6 Å². The molecule has 20 heavy (non-hydrogen) atoms. The lowest BCUT2D eigenvalue weighted by atomic mass is 10.2. The number of carboxylic acids is 1. The lowest BCUT2D eigenvalue weighted by molar-refractivity contribution is 0.0697. The van der Waals surface area contributed by atoms with Crippen molar-refractivity contribution in [3.8, 4) is 0 Å². The van der Waals surface area contributed by atoms with Gasteiger partial charge in [0.05, 0.1) is 16.3 Å². The summed E-state index contributed by atoms with van der Waals surface area (Å²) in [5.41, 5.74) is 0.597. The number of carbonyl (C=O) groups is 2. The first kappa shape index (κ1) is 14.4. The number of anilines is 1. The molecule has 0 radical (unpaired) electrons. The van der Waals surface area contributed by atoms with Gasteiger partial charge in [-0.2, -0.15) is 4.37 Å². The molecule has 0 atom stereocenters. The summed E-state index contributed by atoms with van der Waals surface area (Å²) in [6.45, 7) is 1.58. The second-order valence-electron chi connectivity index (χ2n) is 3.97. The molecule has 0 fully saturated rings. The molecular weight excluding hydrogens is 302 g/mol. The number of rotatable bonds is 3. The molecule has 2 heterocycles. The van der Waals surface area contributed by atoms with Crippen LogP contribution < -0.4 is 4.90 Å². The van der Waals surface area contributed by atoms with E-state index < -0.39 is 11.9 Å². The first-order valence-electron chi connectivity index (χ1n) is 5.50. The molecule has 0 aliphatic heterocycles. The molecule has 2 aromatic rings. The Bertz CT molecular complexity index is 686. The molecule has 0 bridgehead atoms. The van der Waals surface area contributed by atoms with Gasteiger partial charge in [0.1, 0.15) is 10.6 Å². The minimum Gasteiger partial charge on any atom is -0.478 e. The summed E-state index contributed by atoms with van der Waals surface area (Å²) >= 11 is 6.89. The Morgan fingerprint density at radius 2 is 2.15 bits per heavy atom. The van der Waals surface area contributed by atoms with Gasteiger partial charge in [0, 0.05) is 19.4 Å². The Balaban J connectivity index is 2.42. The maximum absolute atomic E-state index is 12.3. The van der Waals surface area contributed by atoms with Gasteiger partial charge in [-0.05, 0) is 24.5 Å². The van der Waals surface area contributed by atoms with Crippen LogP contribution in [0.15, 0.2) is 18.5 Å². The molecule has 0 unspecified atom stereocenters. The summed E-state index contributed by atoms with van der Waals surface area (Å²) in [6, 6.07) is 1.50. The maximum Gasteiger partial charge on any atom is 0.340 e. The van der Waals surface area contributed by atoms with Gasteiger partial charge in [0.2, 0.25) is 0 Å². The lowest BCUT2D eigenvalue weighted by Gasteiger charge is -2.16. The third-order valence-corrected chi connectivity index (χ3v) is 4.01. The van der Waals surface area contributed by atoms with Gasteiger partial charge in [-0.1, -0.05) is 11.6 Å². The highest BCUT2D eigenvalue weighted by Crippen LogP contribution is 2.29. The van der Waals surface area contributed by atoms with Crippen molar-refractivity contribution in [1.29, 1.82) is 0 Å². The van der Waals surface area contributed by atoms with E-state index in [9.17, 15) is 14.7 Å². The molecule has 8 heteroatoms. The highest BCUT2D eigenvalue weighted by molar-refractivity contribution is 7.11. The van der Waals surface area contributed by atoms with Crippen molar-refractivity contribution in [3.63, 3.8) is 0 Å². The zero-order valence-corrected chi connectivity index (χ0v) is 12.2. The number of carboxylic acid groups (broad SMARTS) is 1. The van der Waals surface area contributed by atoms with E-state index in [2.05, 4.69) is 9.36 Å². The third kappa shape index (κ3) is 2.50. The first-order valence-corrected chi connectivity index (χ1v) is 6.65. The fraction of sp³-hybridized carbons (Fsp3) is 0.167. The van der Waals surface area contributed by atoms with Crippen LogP contribution in [0.2, 0.25) is 5.02 Å². The monoisotopic (exact) mass is 311 g/mol. The number of pyridine rings is 1. The zero-order chi connectivity index (χ0) is 14.9. The van der Waals surface area contributed by atoms with Gasteiger partial charge in [0.15, 0.2) is 0 Å². The van der Waals surface area contributed by atoms with E-state index in [1.807, 2.05) is 0 Å². The molecule has 0 aliphatic carbocycles. The average Bonchev–Trinajstić information content (AvgIpc) is 2.79. The third-order valence-electron chi connectivity index (χ3n) is 2.67. The Morgan fingerprint density at radius 1 is 1.45 bits per heavy atom. The molecule has 0 saturated heterocycles. The number of halogens is 1. The minimum absolute atomic E-state index is 0.0193. The van der Waals surface area contributed by atoms with Crippen molar-refractivity contribution >= 4 is 40.0 Å². The first-order chi connectivity index (χ1) is 9.43. The molecule has 104 valence electrons. The van der Waals surface area contributed by atoms with Gasteiger partial charge >= 0.3 is 5.97 Å². The van der Waals surface area contributed by atoms with E-state index >= 15 is 0 Å². The smallest absolute Gasteiger partial charge is 0.340 e. The van der Waals surface area contributed by atoms with Gasteiger partial charge < -0.3 is 10.0 Å². The fourth-order valence-corrected chi connectivity index (χ4v) is 2.67. The van der Waals surface area contributed by atoms with Crippen molar-refractivity contribution in [2.45, 2.75) is 6.92 Å². The molecule has 2 aromatic heterocycles. The molecule has 0 saturated carbocycles. The standard InChI is InChI=1S/C12H10ClN3O3S/c1-6-9(12(18)19)11(20-15-6)16(2)10(17)7-5-14-4-3-8(7)13/h3-5H,1-2H3,(H,18,19). The average molecular weight is 312 g/mol. The predicted octanol–water partition coefficient (Wildman–Crippen LogP) is 2.47. The van der Waals surface area contributed by atoms with Crippen molar-refractivity contribution in [2.75, 3.05) is 11.9 Å². The number of aromatic carboxylic acids is 1. The van der Waals surface area contributed by atoms with Crippen LogP contribution in [0, 0.1) is 6.92 Å². The normalized spacial score (nSPS) is 10.3. The fourth-order valence-electron chi connectivity index (χ4n) is 1.64. The van der Waals surface area contributed by atoms with Crippen LogP contribution in [0.5, 0.6) is 0 Å². The number of aromatic nitrogens is 2. The van der Waals surface area contributed by atoms with Crippen molar-refractivity contribution in [2.24, 2.45) is 0 Å². The largest absolute Gasteiger partial charge is 0.478 e. The number of aryl methyl sites for hydroxylation is 1. The summed E-state index contributed by atoms with van der Waals surface area (Å²) in [7, 11) is 1.48. The van der Waals surface area contributed by atoms with E-state index in [1.165, 1.54) is 30.4 Å². The van der Waals surface area contributed by atoms with Crippen LogP contribution in [0.25, 0.3) is 0 Å². The minimum atomic E-state index is -1.12. The molecule has 0 aromatic carbocycles. The summed E-state index contributed by atoms with van der Waals surface area (Å²) in [5, 5.41) is 9.70. The van der Waals surface area contributed by atoms with E-state index in [0.29, 0.717) is 5.69 Å². The maximum atomic E-state index is 12.3. The molecule has 1 N–H and O–H groups in total. The van der Waals surface area contributed by atoms with Crippen LogP contribution in [0.4, 0.5) is 5.00 Å². The number of amides is 1. The number of hydrogen-bond donors (Lipinski definition) is 1. The van der Waals surface area contributed by atoms with Crippen molar-refractivity contribution in [3.05, 3.63) is 40.3 Å². The Kier molecular flexibility index (Phi) is 4.01. The van der Waals surface area contributed by atoms with Crippen molar-refractivity contribution in [1.82, 2.24) is 9.36 Å². The molecular formula is C12H10ClN3O3S. The summed E-state index contributed by atoms with van der Waals surface area (Å²) in [6.07, 6.45) is 2.81. The molecule has 6 nitrogen and oxygen atoms in total. The topological polar surface area (TPSA) is 83.4 Å². The van der Waals surface area contributed by atoms with Gasteiger partial charge in [-0.15, -0.1) is 0 Å². The van der Waals surface area contributed by atoms with Crippen LogP contribution >= 0.6 is 23.1 Å². The summed E-state index contributed by atoms with van der Waals surface area (Å²) in [5.74, 6) is -1.56. The Hall–Kier alpha value is -1.99. The predicted molar refractivity (Wildman–Crippen MR) is 75.8 cm³/mol. The molecule has 2 rings (SSSR count).